The minimum Gasteiger partial charge on any atom is -0.478 e. The number of hydrogen-bond acceptors (Lipinski definition) is 2. The molecule has 0 aliphatic rings. The second kappa shape index (κ2) is 4.44. The van der Waals surface area contributed by atoms with Crippen molar-refractivity contribution in [2.75, 3.05) is 0 Å². The molecule has 0 saturated heterocycles. The van der Waals surface area contributed by atoms with Gasteiger partial charge in [-0.05, 0) is 6.07 Å². The fourth-order valence-corrected chi connectivity index (χ4v) is 1.19. The Bertz CT molecular complexity index is 516. The third kappa shape index (κ3) is 2.96. The highest BCUT2D eigenvalue weighted by Gasteiger charge is 2.34. The van der Waals surface area contributed by atoms with Gasteiger partial charge in [-0.1, -0.05) is 12.6 Å². The van der Waals surface area contributed by atoms with Crippen molar-refractivity contribution in [2.45, 2.75) is 12.7 Å². The Balaban J connectivity index is 3.27. The SMILES string of the molecule is C=C(Cn1c(C(F)(F)F)cccc1=O)C(=O)O. The molecule has 0 amide bonds. The Morgan fingerprint density at radius 2 is 2.00 bits per heavy atom. The zero-order chi connectivity index (χ0) is 13.2. The number of nitrogens with zero attached hydrogens (tertiary/aromatic N) is 1. The summed E-state index contributed by atoms with van der Waals surface area (Å²) >= 11 is 0. The van der Waals surface area contributed by atoms with E-state index in [4.69, 9.17) is 5.11 Å². The summed E-state index contributed by atoms with van der Waals surface area (Å²) < 4.78 is 38.0. The Morgan fingerprint density at radius 1 is 1.41 bits per heavy atom. The molecule has 0 unspecified atom stereocenters. The van der Waals surface area contributed by atoms with Crippen molar-refractivity contribution < 1.29 is 23.1 Å². The first-order valence-corrected chi connectivity index (χ1v) is 4.41. The fourth-order valence-electron chi connectivity index (χ4n) is 1.19. The standard InChI is InChI=1S/C10H8F3NO3/c1-6(9(16)17)5-14-7(10(11,12)13)3-2-4-8(14)15/h2-4H,1,5H2,(H,16,17). The topological polar surface area (TPSA) is 59.3 Å². The summed E-state index contributed by atoms with van der Waals surface area (Å²) in [5.41, 5.74) is -2.63. The van der Waals surface area contributed by atoms with Gasteiger partial charge in [-0.2, -0.15) is 13.2 Å². The first-order chi connectivity index (χ1) is 7.73. The summed E-state index contributed by atoms with van der Waals surface area (Å²) in [7, 11) is 0. The van der Waals surface area contributed by atoms with Crippen LogP contribution in [0.4, 0.5) is 13.2 Å². The average Bonchev–Trinajstić information content (AvgIpc) is 2.18. The van der Waals surface area contributed by atoms with Gasteiger partial charge in [-0.3, -0.25) is 9.36 Å². The molecule has 0 fully saturated rings. The lowest BCUT2D eigenvalue weighted by molar-refractivity contribution is -0.144. The van der Waals surface area contributed by atoms with Gasteiger partial charge in [0, 0.05) is 11.6 Å². The van der Waals surface area contributed by atoms with Crippen molar-refractivity contribution in [3.8, 4) is 0 Å². The van der Waals surface area contributed by atoms with Crippen LogP contribution in [0.15, 0.2) is 35.1 Å². The van der Waals surface area contributed by atoms with Crippen LogP contribution in [-0.4, -0.2) is 15.6 Å². The predicted octanol–water partition coefficient (Wildman–Crippen LogP) is 1.51. The van der Waals surface area contributed by atoms with Gasteiger partial charge >= 0.3 is 12.1 Å². The van der Waals surface area contributed by atoms with Gasteiger partial charge in [0.15, 0.2) is 0 Å². The molecule has 0 aromatic carbocycles. The van der Waals surface area contributed by atoms with Crippen LogP contribution < -0.4 is 5.56 Å². The molecule has 1 heterocycles. The lowest BCUT2D eigenvalue weighted by atomic mass is 10.2. The van der Waals surface area contributed by atoms with E-state index < -0.39 is 35.5 Å². The van der Waals surface area contributed by atoms with E-state index >= 15 is 0 Å². The first kappa shape index (κ1) is 13.0. The third-order valence-corrected chi connectivity index (χ3v) is 1.99. The van der Waals surface area contributed by atoms with Crippen LogP contribution in [0.1, 0.15) is 5.69 Å². The summed E-state index contributed by atoms with van der Waals surface area (Å²) in [5, 5.41) is 8.53. The molecular weight excluding hydrogens is 239 g/mol. The minimum atomic E-state index is -4.72. The van der Waals surface area contributed by atoms with Gasteiger partial charge in [0.05, 0.1) is 6.54 Å². The quantitative estimate of drug-likeness (QED) is 0.823. The number of aliphatic carboxylic acids is 1. The summed E-state index contributed by atoms with van der Waals surface area (Å²) in [6, 6.07) is 2.59. The average molecular weight is 247 g/mol. The van der Waals surface area contributed by atoms with Crippen LogP contribution in [0, 0.1) is 0 Å². The van der Waals surface area contributed by atoms with Crippen molar-refractivity contribution >= 4 is 5.97 Å². The van der Waals surface area contributed by atoms with Crippen molar-refractivity contribution in [2.24, 2.45) is 0 Å². The molecule has 1 aromatic heterocycles. The highest BCUT2D eigenvalue weighted by molar-refractivity contribution is 5.85. The number of hydrogen-bond donors (Lipinski definition) is 1. The van der Waals surface area contributed by atoms with Crippen molar-refractivity contribution in [3.63, 3.8) is 0 Å². The van der Waals surface area contributed by atoms with Crippen LogP contribution in [-0.2, 0) is 17.5 Å². The Kier molecular flexibility index (Phi) is 3.40. The molecule has 0 aliphatic carbocycles. The normalized spacial score (nSPS) is 11.2. The summed E-state index contributed by atoms with van der Waals surface area (Å²) in [4.78, 5) is 21.8. The molecule has 0 spiro atoms. The number of halogens is 3. The molecule has 0 saturated carbocycles. The third-order valence-electron chi connectivity index (χ3n) is 1.99. The molecule has 1 aromatic rings. The Labute approximate surface area is 93.6 Å². The van der Waals surface area contributed by atoms with Crippen molar-refractivity contribution in [1.29, 1.82) is 0 Å². The number of aromatic nitrogens is 1. The van der Waals surface area contributed by atoms with Crippen LogP contribution >= 0.6 is 0 Å². The van der Waals surface area contributed by atoms with E-state index in [-0.39, 0.29) is 0 Å². The molecule has 7 heteroatoms. The number of alkyl halides is 3. The molecule has 0 atom stereocenters. The summed E-state index contributed by atoms with van der Waals surface area (Å²) in [6.45, 7) is 2.38. The zero-order valence-electron chi connectivity index (χ0n) is 8.49. The second-order valence-electron chi connectivity index (χ2n) is 3.24. The van der Waals surface area contributed by atoms with E-state index in [2.05, 4.69) is 6.58 Å². The van der Waals surface area contributed by atoms with Crippen molar-refractivity contribution in [1.82, 2.24) is 4.57 Å². The molecule has 4 nitrogen and oxygen atoms in total. The number of rotatable bonds is 3. The first-order valence-electron chi connectivity index (χ1n) is 4.41. The van der Waals surface area contributed by atoms with Crippen LogP contribution in [0.3, 0.4) is 0 Å². The smallest absolute Gasteiger partial charge is 0.431 e. The molecule has 0 bridgehead atoms. The van der Waals surface area contributed by atoms with E-state index in [0.717, 1.165) is 12.1 Å². The second-order valence-corrected chi connectivity index (χ2v) is 3.24. The van der Waals surface area contributed by atoms with E-state index in [1.807, 2.05) is 0 Å². The van der Waals surface area contributed by atoms with Crippen molar-refractivity contribution in [3.05, 3.63) is 46.4 Å². The van der Waals surface area contributed by atoms with Gasteiger partial charge < -0.3 is 5.11 Å². The van der Waals surface area contributed by atoms with Gasteiger partial charge in [-0.25, -0.2) is 4.79 Å². The van der Waals surface area contributed by atoms with E-state index in [1.165, 1.54) is 0 Å². The summed E-state index contributed by atoms with van der Waals surface area (Å²) in [6.07, 6.45) is -4.72. The lowest BCUT2D eigenvalue weighted by Crippen LogP contribution is -2.28. The van der Waals surface area contributed by atoms with Gasteiger partial charge in [-0.15, -0.1) is 0 Å². The maximum absolute atomic E-state index is 12.5. The number of pyridine rings is 1. The van der Waals surface area contributed by atoms with Gasteiger partial charge in [0.2, 0.25) is 0 Å². The molecule has 1 N–H and O–H groups in total. The molecular formula is C10H8F3NO3. The fraction of sp³-hybridized carbons (Fsp3) is 0.200. The van der Waals surface area contributed by atoms with E-state index in [0.29, 0.717) is 10.6 Å². The monoisotopic (exact) mass is 247 g/mol. The summed E-state index contributed by atoms with van der Waals surface area (Å²) in [5.74, 6) is -1.45. The minimum absolute atomic E-state index is 0.330. The molecule has 92 valence electrons. The molecule has 17 heavy (non-hydrogen) atoms. The lowest BCUT2D eigenvalue weighted by Gasteiger charge is -2.14. The molecule has 0 radical (unpaired) electrons. The number of carboxylic acids is 1. The predicted molar refractivity (Wildman–Crippen MR) is 52.5 cm³/mol. The van der Waals surface area contributed by atoms with Gasteiger partial charge in [0.1, 0.15) is 5.69 Å². The number of carboxylic acid groups (broad SMARTS) is 1. The van der Waals surface area contributed by atoms with Crippen LogP contribution in [0.25, 0.3) is 0 Å². The van der Waals surface area contributed by atoms with Crippen LogP contribution in [0.5, 0.6) is 0 Å². The zero-order valence-corrected chi connectivity index (χ0v) is 8.49. The maximum atomic E-state index is 12.5. The van der Waals surface area contributed by atoms with Gasteiger partial charge in [0.25, 0.3) is 5.56 Å². The highest BCUT2D eigenvalue weighted by Crippen LogP contribution is 2.28. The van der Waals surface area contributed by atoms with E-state index in [1.54, 1.807) is 0 Å². The maximum Gasteiger partial charge on any atom is 0.431 e. The Hall–Kier alpha value is -2.05. The largest absolute Gasteiger partial charge is 0.478 e. The van der Waals surface area contributed by atoms with Crippen LogP contribution in [0.2, 0.25) is 0 Å². The molecule has 1 rings (SSSR count). The highest BCUT2D eigenvalue weighted by atomic mass is 19.4. The number of carbonyl (C=O) groups is 1. The molecule has 0 aliphatic heterocycles. The Morgan fingerprint density at radius 3 is 2.47 bits per heavy atom. The van der Waals surface area contributed by atoms with E-state index in [9.17, 15) is 22.8 Å².